The van der Waals surface area contributed by atoms with Gasteiger partial charge in [0.2, 0.25) is 0 Å². The summed E-state index contributed by atoms with van der Waals surface area (Å²) in [6, 6.07) is 31.8. The van der Waals surface area contributed by atoms with Gasteiger partial charge in [-0.3, -0.25) is 9.59 Å². The minimum Gasteiger partial charge on any atom is -0.486 e. The van der Waals surface area contributed by atoms with E-state index in [2.05, 4.69) is 0 Å². The number of aliphatic carboxylic acids is 1. The van der Waals surface area contributed by atoms with E-state index in [1.54, 1.807) is 6.07 Å². The molecular formula is C32H26O6. The van der Waals surface area contributed by atoms with Crippen molar-refractivity contribution in [3.63, 3.8) is 0 Å². The summed E-state index contributed by atoms with van der Waals surface area (Å²) in [5.74, 6) is -1.93. The molecule has 6 rings (SSSR count). The molecule has 6 heteroatoms. The summed E-state index contributed by atoms with van der Waals surface area (Å²) < 4.78 is 17.3. The second-order valence-electron chi connectivity index (χ2n) is 9.57. The molecular weight excluding hydrogens is 480 g/mol. The van der Waals surface area contributed by atoms with Crippen molar-refractivity contribution in [2.24, 2.45) is 11.8 Å². The van der Waals surface area contributed by atoms with Gasteiger partial charge in [0.25, 0.3) is 0 Å². The van der Waals surface area contributed by atoms with Crippen molar-refractivity contribution in [3.05, 3.63) is 114 Å². The highest BCUT2D eigenvalue weighted by molar-refractivity contribution is 5.86. The number of carbonyl (C=O) groups excluding carboxylic acids is 1. The van der Waals surface area contributed by atoms with Crippen molar-refractivity contribution in [3.8, 4) is 28.4 Å². The number of fused-ring (bicyclic) bond motifs is 1. The minimum absolute atomic E-state index is 0.403. The van der Waals surface area contributed by atoms with E-state index in [1.165, 1.54) is 0 Å². The van der Waals surface area contributed by atoms with Crippen LogP contribution in [0.3, 0.4) is 0 Å². The predicted octanol–water partition coefficient (Wildman–Crippen LogP) is 5.93. The molecule has 1 aliphatic carbocycles. The maximum atomic E-state index is 13.7. The van der Waals surface area contributed by atoms with Crippen LogP contribution in [-0.4, -0.2) is 30.3 Å². The van der Waals surface area contributed by atoms with E-state index in [0.29, 0.717) is 30.5 Å². The van der Waals surface area contributed by atoms with E-state index >= 15 is 0 Å². The first kappa shape index (κ1) is 23.8. The maximum absolute atomic E-state index is 13.7. The Morgan fingerprint density at radius 3 is 1.89 bits per heavy atom. The molecule has 0 amide bonds. The zero-order valence-electron chi connectivity index (χ0n) is 20.5. The lowest BCUT2D eigenvalue weighted by atomic mass is 9.52. The third-order valence-corrected chi connectivity index (χ3v) is 7.40. The predicted molar refractivity (Wildman–Crippen MR) is 141 cm³/mol. The topological polar surface area (TPSA) is 82.1 Å². The Hall–Kier alpha value is -4.58. The standard InChI is InChI=1S/C32H26O6/c33-31(34)29-27(20-8-3-1-4-9-20)30(28(29)21-10-5-2-6-11-21)32(35)38-24-13-7-12-22(18-24)23-14-15-25-26(19-23)37-17-16-36-25/h1-15,18-19,27-30H,16-17H2,(H,33,34)/t27-,28?,29?,30?/m0/s1. The van der Waals surface area contributed by atoms with Gasteiger partial charge in [0.15, 0.2) is 11.5 Å². The second kappa shape index (κ2) is 10.1. The van der Waals surface area contributed by atoms with Gasteiger partial charge in [-0.1, -0.05) is 78.9 Å². The van der Waals surface area contributed by atoms with Gasteiger partial charge in [-0.25, -0.2) is 0 Å². The highest BCUT2D eigenvalue weighted by Gasteiger charge is 2.59. The van der Waals surface area contributed by atoms with Gasteiger partial charge >= 0.3 is 11.9 Å². The molecule has 0 spiro atoms. The zero-order valence-corrected chi connectivity index (χ0v) is 20.5. The van der Waals surface area contributed by atoms with Crippen LogP contribution >= 0.6 is 0 Å². The number of esters is 1. The Morgan fingerprint density at radius 1 is 0.658 bits per heavy atom. The van der Waals surface area contributed by atoms with E-state index in [-0.39, 0.29) is 0 Å². The molecule has 3 unspecified atom stereocenters. The number of carboxylic acids is 1. The van der Waals surface area contributed by atoms with Crippen LogP contribution in [0.2, 0.25) is 0 Å². The summed E-state index contributed by atoms with van der Waals surface area (Å²) in [5.41, 5.74) is 3.41. The molecule has 6 nitrogen and oxygen atoms in total. The van der Waals surface area contributed by atoms with E-state index in [1.807, 2.05) is 97.1 Å². The number of ether oxygens (including phenoxy) is 3. The molecule has 2 aliphatic rings. The maximum Gasteiger partial charge on any atom is 0.315 e. The largest absolute Gasteiger partial charge is 0.486 e. The summed E-state index contributed by atoms with van der Waals surface area (Å²) in [4.78, 5) is 26.1. The molecule has 0 bridgehead atoms. The van der Waals surface area contributed by atoms with Gasteiger partial charge in [0.05, 0.1) is 11.8 Å². The average Bonchev–Trinajstić information content (AvgIpc) is 2.93. The second-order valence-corrected chi connectivity index (χ2v) is 9.57. The summed E-state index contributed by atoms with van der Waals surface area (Å²) in [5, 5.41) is 10.2. The molecule has 1 aliphatic heterocycles. The third kappa shape index (κ3) is 4.39. The quantitative estimate of drug-likeness (QED) is 0.258. The van der Waals surface area contributed by atoms with Crippen LogP contribution < -0.4 is 14.2 Å². The van der Waals surface area contributed by atoms with E-state index < -0.39 is 35.6 Å². The van der Waals surface area contributed by atoms with Gasteiger partial charge in [0, 0.05) is 11.8 Å². The van der Waals surface area contributed by atoms with Crippen molar-refractivity contribution in [1.82, 2.24) is 0 Å². The highest BCUT2D eigenvalue weighted by atomic mass is 16.6. The molecule has 0 saturated heterocycles. The van der Waals surface area contributed by atoms with Crippen LogP contribution in [0.1, 0.15) is 23.0 Å². The van der Waals surface area contributed by atoms with Crippen LogP contribution in [0.5, 0.6) is 17.2 Å². The van der Waals surface area contributed by atoms with Crippen LogP contribution in [0.25, 0.3) is 11.1 Å². The van der Waals surface area contributed by atoms with Crippen LogP contribution in [-0.2, 0) is 9.59 Å². The van der Waals surface area contributed by atoms with Gasteiger partial charge in [-0.2, -0.15) is 0 Å². The molecule has 0 aromatic heterocycles. The fourth-order valence-corrected chi connectivity index (χ4v) is 5.67. The SMILES string of the molecule is O=C(O)C1C(c2ccccc2)C(C(=O)Oc2cccc(-c3ccc4c(c3)OCCO4)c2)[C@H]1c1ccccc1. The Bertz CT molecular complexity index is 1420. The smallest absolute Gasteiger partial charge is 0.315 e. The zero-order chi connectivity index (χ0) is 26.1. The molecule has 4 aromatic carbocycles. The van der Waals surface area contributed by atoms with Crippen molar-refractivity contribution in [2.75, 3.05) is 13.2 Å². The lowest BCUT2D eigenvalue weighted by Gasteiger charge is -2.48. The van der Waals surface area contributed by atoms with Crippen LogP contribution in [0.4, 0.5) is 0 Å². The lowest BCUT2D eigenvalue weighted by Crippen LogP contribution is -2.52. The number of carbonyl (C=O) groups is 2. The highest BCUT2D eigenvalue weighted by Crippen LogP contribution is 2.58. The lowest BCUT2D eigenvalue weighted by molar-refractivity contribution is -0.158. The summed E-state index contributed by atoms with van der Waals surface area (Å²) >= 11 is 0. The number of carboxylic acid groups (broad SMARTS) is 1. The van der Waals surface area contributed by atoms with E-state index in [4.69, 9.17) is 14.2 Å². The van der Waals surface area contributed by atoms with E-state index in [0.717, 1.165) is 22.3 Å². The number of benzene rings is 4. The number of hydrogen-bond donors (Lipinski definition) is 1. The fraction of sp³-hybridized carbons (Fsp3) is 0.188. The molecule has 1 N–H and O–H groups in total. The molecule has 1 heterocycles. The average molecular weight is 507 g/mol. The monoisotopic (exact) mass is 506 g/mol. The number of hydrogen-bond acceptors (Lipinski definition) is 5. The fourth-order valence-electron chi connectivity index (χ4n) is 5.67. The van der Waals surface area contributed by atoms with Gasteiger partial charge in [-0.15, -0.1) is 0 Å². The Morgan fingerprint density at radius 2 is 1.26 bits per heavy atom. The van der Waals surface area contributed by atoms with Crippen molar-refractivity contribution >= 4 is 11.9 Å². The van der Waals surface area contributed by atoms with Crippen LogP contribution in [0, 0.1) is 11.8 Å². The van der Waals surface area contributed by atoms with Gasteiger partial charge in [0.1, 0.15) is 19.0 Å². The summed E-state index contributed by atoms with van der Waals surface area (Å²) in [6.45, 7) is 1.02. The molecule has 4 atom stereocenters. The van der Waals surface area contributed by atoms with Crippen molar-refractivity contribution in [2.45, 2.75) is 11.8 Å². The normalized spacial score (nSPS) is 21.7. The first-order valence-electron chi connectivity index (χ1n) is 12.6. The molecule has 4 aromatic rings. The molecule has 1 saturated carbocycles. The van der Waals surface area contributed by atoms with E-state index in [9.17, 15) is 14.7 Å². The van der Waals surface area contributed by atoms with Gasteiger partial charge in [-0.05, 0) is 46.5 Å². The molecule has 1 fully saturated rings. The number of rotatable bonds is 6. The molecule has 38 heavy (non-hydrogen) atoms. The Labute approximate surface area is 220 Å². The minimum atomic E-state index is -0.919. The van der Waals surface area contributed by atoms with Crippen molar-refractivity contribution in [1.29, 1.82) is 0 Å². The first-order chi connectivity index (χ1) is 18.6. The Balaban J connectivity index is 1.31. The first-order valence-corrected chi connectivity index (χ1v) is 12.6. The van der Waals surface area contributed by atoms with Crippen LogP contribution in [0.15, 0.2) is 103 Å². The Kier molecular flexibility index (Phi) is 6.30. The van der Waals surface area contributed by atoms with Crippen molar-refractivity contribution < 1.29 is 28.9 Å². The third-order valence-electron chi connectivity index (χ3n) is 7.40. The molecule has 0 radical (unpaired) electrons. The van der Waals surface area contributed by atoms with Gasteiger partial charge < -0.3 is 19.3 Å². The summed E-state index contributed by atoms with van der Waals surface area (Å²) in [7, 11) is 0. The molecule has 190 valence electrons. The summed E-state index contributed by atoms with van der Waals surface area (Å²) in [6.07, 6.45) is 0.